The van der Waals surface area contributed by atoms with E-state index >= 15 is 0 Å². The maximum atomic E-state index is 10.6. The molecular weight excluding hydrogens is 252 g/mol. The zero-order valence-electron chi connectivity index (χ0n) is 10.8. The number of hydrogen-bond acceptors (Lipinski definition) is 5. The van der Waals surface area contributed by atoms with Gasteiger partial charge in [-0.3, -0.25) is 14.6 Å². The molecule has 0 aromatic rings. The first-order valence-corrected chi connectivity index (χ1v) is 6.03. The summed E-state index contributed by atoms with van der Waals surface area (Å²) in [5, 5.41) is 20.1. The predicted octanol–water partition coefficient (Wildman–Crippen LogP) is 0.618. The van der Waals surface area contributed by atoms with Crippen molar-refractivity contribution in [2.45, 2.75) is 25.7 Å². The molecule has 0 heterocycles. The van der Waals surface area contributed by atoms with E-state index in [1.807, 2.05) is 0 Å². The Morgan fingerprint density at radius 1 is 1.26 bits per heavy atom. The van der Waals surface area contributed by atoms with Crippen molar-refractivity contribution in [3.8, 4) is 0 Å². The average Bonchev–Trinajstić information content (AvgIpc) is 2.55. The number of ether oxygens (including phenoxy) is 1. The number of methoxy groups -OCH3 is 1. The SMILES string of the molecule is COC1=C(NCC(=O)O)CCCC/C1=N\CC(=O)O. The number of carboxylic acid groups (broad SMARTS) is 2. The lowest BCUT2D eigenvalue weighted by molar-refractivity contribution is -0.136. The van der Waals surface area contributed by atoms with Crippen LogP contribution in [0.3, 0.4) is 0 Å². The molecule has 7 nitrogen and oxygen atoms in total. The molecule has 1 rings (SSSR count). The molecule has 0 radical (unpaired) electrons. The first kappa shape index (κ1) is 15.0. The van der Waals surface area contributed by atoms with Crippen molar-refractivity contribution < 1.29 is 24.5 Å². The largest absolute Gasteiger partial charge is 0.493 e. The standard InChI is InChI=1S/C12H18N2O5/c1-19-12-8(13-6-10(15)16)4-2-3-5-9(12)14-7-11(17)18/h13H,2-7H2,1H3,(H,15,16)(H,17,18)/b14-9+. The van der Waals surface area contributed by atoms with Gasteiger partial charge in [-0.1, -0.05) is 0 Å². The van der Waals surface area contributed by atoms with E-state index in [0.717, 1.165) is 12.8 Å². The van der Waals surface area contributed by atoms with Crippen LogP contribution in [0, 0.1) is 0 Å². The van der Waals surface area contributed by atoms with Crippen molar-refractivity contribution >= 4 is 17.7 Å². The number of nitrogens with zero attached hydrogens (tertiary/aromatic N) is 1. The number of hydrogen-bond donors (Lipinski definition) is 3. The third-order valence-electron chi connectivity index (χ3n) is 2.69. The van der Waals surface area contributed by atoms with Gasteiger partial charge in [-0.15, -0.1) is 0 Å². The summed E-state index contributed by atoms with van der Waals surface area (Å²) in [6, 6.07) is 0. The second-order valence-corrected chi connectivity index (χ2v) is 4.12. The highest BCUT2D eigenvalue weighted by Gasteiger charge is 2.18. The molecule has 19 heavy (non-hydrogen) atoms. The average molecular weight is 270 g/mol. The summed E-state index contributed by atoms with van der Waals surface area (Å²) in [4.78, 5) is 25.2. The molecule has 0 saturated heterocycles. The molecule has 1 aliphatic carbocycles. The predicted molar refractivity (Wildman–Crippen MR) is 68.1 cm³/mol. The van der Waals surface area contributed by atoms with E-state index in [9.17, 15) is 9.59 Å². The van der Waals surface area contributed by atoms with Crippen molar-refractivity contribution in [1.82, 2.24) is 5.32 Å². The fraction of sp³-hybridized carbons (Fsp3) is 0.583. The van der Waals surface area contributed by atoms with Crippen LogP contribution in [0.2, 0.25) is 0 Å². The van der Waals surface area contributed by atoms with Gasteiger partial charge in [-0.2, -0.15) is 0 Å². The molecule has 0 aromatic carbocycles. The molecule has 106 valence electrons. The number of nitrogens with one attached hydrogen (secondary N) is 1. The molecule has 3 N–H and O–H groups in total. The van der Waals surface area contributed by atoms with E-state index < -0.39 is 11.9 Å². The first-order chi connectivity index (χ1) is 9.04. The summed E-state index contributed by atoms with van der Waals surface area (Å²) in [5.41, 5.74) is 1.25. The van der Waals surface area contributed by atoms with Gasteiger partial charge < -0.3 is 20.3 Å². The fourth-order valence-electron chi connectivity index (χ4n) is 1.90. The highest BCUT2D eigenvalue weighted by atomic mass is 16.5. The lowest BCUT2D eigenvalue weighted by atomic mass is 10.2. The number of aliphatic imine (C=N–C) groups is 1. The van der Waals surface area contributed by atoms with Crippen LogP contribution in [0.25, 0.3) is 0 Å². The van der Waals surface area contributed by atoms with E-state index in [1.54, 1.807) is 0 Å². The van der Waals surface area contributed by atoms with Gasteiger partial charge in [0.15, 0.2) is 5.76 Å². The molecule has 0 bridgehead atoms. The maximum absolute atomic E-state index is 10.6. The molecular formula is C12H18N2O5. The van der Waals surface area contributed by atoms with Gasteiger partial charge in [0.2, 0.25) is 0 Å². The van der Waals surface area contributed by atoms with Crippen LogP contribution < -0.4 is 5.32 Å². The van der Waals surface area contributed by atoms with Gasteiger partial charge >= 0.3 is 11.9 Å². The molecule has 1 aliphatic rings. The molecule has 0 aromatic heterocycles. The summed E-state index contributed by atoms with van der Waals surface area (Å²) in [6.07, 6.45) is 3.04. The van der Waals surface area contributed by atoms with Gasteiger partial charge in [0, 0.05) is 0 Å². The van der Waals surface area contributed by atoms with Crippen LogP contribution >= 0.6 is 0 Å². The Labute approximate surface area is 111 Å². The lowest BCUT2D eigenvalue weighted by Gasteiger charge is -2.13. The summed E-state index contributed by atoms with van der Waals surface area (Å²) in [5.74, 6) is -1.50. The Kier molecular flexibility index (Phi) is 5.84. The minimum absolute atomic E-state index is 0.200. The highest BCUT2D eigenvalue weighted by Crippen LogP contribution is 2.21. The number of rotatable bonds is 6. The highest BCUT2D eigenvalue weighted by molar-refractivity contribution is 6.00. The number of aliphatic carboxylic acids is 2. The molecule has 0 unspecified atom stereocenters. The van der Waals surface area contributed by atoms with E-state index in [4.69, 9.17) is 14.9 Å². The zero-order valence-corrected chi connectivity index (χ0v) is 10.8. The Balaban J connectivity index is 2.93. The zero-order chi connectivity index (χ0) is 14.3. The molecule has 0 amide bonds. The minimum Gasteiger partial charge on any atom is -0.493 e. The molecule has 0 fully saturated rings. The van der Waals surface area contributed by atoms with Crippen LogP contribution in [-0.2, 0) is 14.3 Å². The summed E-state index contributed by atoms with van der Waals surface area (Å²) < 4.78 is 5.26. The fourth-order valence-corrected chi connectivity index (χ4v) is 1.90. The first-order valence-electron chi connectivity index (χ1n) is 6.03. The van der Waals surface area contributed by atoms with Gasteiger partial charge in [-0.25, -0.2) is 0 Å². The Morgan fingerprint density at radius 3 is 2.53 bits per heavy atom. The van der Waals surface area contributed by atoms with Crippen LogP contribution in [0.4, 0.5) is 0 Å². The molecule has 7 heteroatoms. The summed E-state index contributed by atoms with van der Waals surface area (Å²) in [7, 11) is 1.47. The number of carboxylic acids is 2. The van der Waals surface area contributed by atoms with E-state index in [-0.39, 0.29) is 13.1 Å². The van der Waals surface area contributed by atoms with Gasteiger partial charge in [0.25, 0.3) is 0 Å². The van der Waals surface area contributed by atoms with E-state index in [0.29, 0.717) is 30.0 Å². The van der Waals surface area contributed by atoms with Crippen molar-refractivity contribution in [2.75, 3.05) is 20.2 Å². The van der Waals surface area contributed by atoms with Gasteiger partial charge in [-0.05, 0) is 25.7 Å². The Morgan fingerprint density at radius 2 is 1.95 bits per heavy atom. The second kappa shape index (κ2) is 7.40. The quantitative estimate of drug-likeness (QED) is 0.653. The molecule has 0 atom stereocenters. The van der Waals surface area contributed by atoms with Crippen LogP contribution in [0.15, 0.2) is 16.4 Å². The van der Waals surface area contributed by atoms with Crippen molar-refractivity contribution in [3.63, 3.8) is 0 Å². The smallest absolute Gasteiger partial charge is 0.325 e. The Bertz CT molecular complexity index is 414. The van der Waals surface area contributed by atoms with Crippen LogP contribution in [-0.4, -0.2) is 48.1 Å². The second-order valence-electron chi connectivity index (χ2n) is 4.12. The maximum Gasteiger partial charge on any atom is 0.325 e. The van der Waals surface area contributed by atoms with Crippen LogP contribution in [0.1, 0.15) is 25.7 Å². The number of carbonyl (C=O) groups is 2. The molecule has 0 saturated carbocycles. The lowest BCUT2D eigenvalue weighted by Crippen LogP contribution is -2.24. The third-order valence-corrected chi connectivity index (χ3v) is 2.69. The molecule has 0 spiro atoms. The van der Waals surface area contributed by atoms with Gasteiger partial charge in [0.05, 0.1) is 18.5 Å². The summed E-state index contributed by atoms with van der Waals surface area (Å²) in [6.45, 7) is -0.511. The number of allylic oxidation sites excluding steroid dienone is 2. The van der Waals surface area contributed by atoms with Crippen molar-refractivity contribution in [1.29, 1.82) is 0 Å². The van der Waals surface area contributed by atoms with E-state index in [1.165, 1.54) is 7.11 Å². The van der Waals surface area contributed by atoms with Gasteiger partial charge in [0.1, 0.15) is 13.1 Å². The van der Waals surface area contributed by atoms with E-state index in [2.05, 4.69) is 10.3 Å². The minimum atomic E-state index is -1.01. The Hall–Kier alpha value is -2.05. The van der Waals surface area contributed by atoms with Crippen molar-refractivity contribution in [3.05, 3.63) is 11.5 Å². The van der Waals surface area contributed by atoms with Crippen LogP contribution in [0.5, 0.6) is 0 Å². The molecule has 0 aliphatic heterocycles. The normalized spacial score (nSPS) is 18.1. The van der Waals surface area contributed by atoms with Crippen molar-refractivity contribution in [2.24, 2.45) is 4.99 Å². The third kappa shape index (κ3) is 4.99. The topological polar surface area (TPSA) is 108 Å². The summed E-state index contributed by atoms with van der Waals surface area (Å²) >= 11 is 0. The monoisotopic (exact) mass is 270 g/mol.